The second-order valence-corrected chi connectivity index (χ2v) is 4.11. The molecule has 0 atom stereocenters. The van der Waals surface area contributed by atoms with Gasteiger partial charge in [-0.3, -0.25) is 0 Å². The summed E-state index contributed by atoms with van der Waals surface area (Å²) in [7, 11) is 0. The van der Waals surface area contributed by atoms with Crippen molar-refractivity contribution in [2.45, 2.75) is 20.3 Å². The van der Waals surface area contributed by atoms with Gasteiger partial charge in [-0.15, -0.1) is 0 Å². The van der Waals surface area contributed by atoms with Crippen LogP contribution in [0.15, 0.2) is 18.2 Å². The number of hydrogen-bond acceptors (Lipinski definition) is 0. The first-order valence-electron chi connectivity index (χ1n) is 4.04. The highest BCUT2D eigenvalue weighted by atomic mass is 35.5. The van der Waals surface area contributed by atoms with Crippen molar-refractivity contribution >= 4 is 23.2 Å². The van der Waals surface area contributed by atoms with Crippen molar-refractivity contribution in [1.29, 1.82) is 0 Å². The van der Waals surface area contributed by atoms with Crippen molar-refractivity contribution in [3.05, 3.63) is 33.8 Å². The average molecular weight is 203 g/mol. The summed E-state index contributed by atoms with van der Waals surface area (Å²) in [4.78, 5) is 0. The lowest BCUT2D eigenvalue weighted by molar-refractivity contribution is 0.647. The van der Waals surface area contributed by atoms with E-state index in [4.69, 9.17) is 23.2 Å². The third kappa shape index (κ3) is 2.40. The molecule has 1 aromatic carbocycles. The van der Waals surface area contributed by atoms with Crippen molar-refractivity contribution in [3.63, 3.8) is 0 Å². The molecule has 0 fully saturated rings. The normalized spacial score (nSPS) is 10.8. The lowest BCUT2D eigenvalue weighted by Crippen LogP contribution is -1.95. The first-order chi connectivity index (χ1) is 5.61. The zero-order valence-electron chi connectivity index (χ0n) is 7.27. The molecule has 0 N–H and O–H groups in total. The van der Waals surface area contributed by atoms with Gasteiger partial charge in [0.25, 0.3) is 0 Å². The third-order valence-corrected chi connectivity index (χ3v) is 2.38. The van der Waals surface area contributed by atoms with Crippen LogP contribution in [0.2, 0.25) is 10.0 Å². The fourth-order valence-electron chi connectivity index (χ4n) is 1.14. The van der Waals surface area contributed by atoms with Crippen molar-refractivity contribution < 1.29 is 0 Å². The number of benzene rings is 1. The van der Waals surface area contributed by atoms with Gasteiger partial charge in [-0.25, -0.2) is 0 Å². The molecular formula is C10H12Cl2. The highest BCUT2D eigenvalue weighted by Gasteiger charge is 2.06. The van der Waals surface area contributed by atoms with Crippen molar-refractivity contribution in [3.8, 4) is 0 Å². The summed E-state index contributed by atoms with van der Waals surface area (Å²) in [5.41, 5.74) is 1.07. The fraction of sp³-hybridized carbons (Fsp3) is 0.400. The Labute approximate surface area is 83.5 Å². The van der Waals surface area contributed by atoms with E-state index in [1.165, 1.54) is 0 Å². The van der Waals surface area contributed by atoms with Crippen LogP contribution in [0.4, 0.5) is 0 Å². The number of hydrogen-bond donors (Lipinski definition) is 0. The molecule has 0 amide bonds. The smallest absolute Gasteiger partial charge is 0.0452 e. The Hall–Kier alpha value is -0.200. The van der Waals surface area contributed by atoms with Crippen molar-refractivity contribution in [2.75, 3.05) is 0 Å². The van der Waals surface area contributed by atoms with Gasteiger partial charge in [-0.2, -0.15) is 0 Å². The summed E-state index contributed by atoms with van der Waals surface area (Å²) in [5, 5.41) is 1.55. The van der Waals surface area contributed by atoms with E-state index in [1.54, 1.807) is 0 Å². The lowest BCUT2D eigenvalue weighted by Gasteiger charge is -2.08. The Kier molecular flexibility index (Phi) is 3.42. The minimum atomic E-state index is 0.586. The van der Waals surface area contributed by atoms with Gasteiger partial charge in [0.1, 0.15) is 0 Å². The third-order valence-electron chi connectivity index (χ3n) is 1.67. The van der Waals surface area contributed by atoms with Crippen LogP contribution in [0.25, 0.3) is 0 Å². The largest absolute Gasteiger partial charge is 0.0840 e. The van der Waals surface area contributed by atoms with Crippen LogP contribution < -0.4 is 0 Å². The second-order valence-electron chi connectivity index (χ2n) is 3.30. The van der Waals surface area contributed by atoms with Crippen LogP contribution >= 0.6 is 23.2 Å². The fourth-order valence-corrected chi connectivity index (χ4v) is 1.69. The monoisotopic (exact) mass is 202 g/mol. The number of rotatable bonds is 2. The highest BCUT2D eigenvalue weighted by molar-refractivity contribution is 6.35. The van der Waals surface area contributed by atoms with Crippen LogP contribution in [-0.4, -0.2) is 0 Å². The minimum Gasteiger partial charge on any atom is -0.0840 e. The summed E-state index contributed by atoms with van der Waals surface area (Å²) in [6, 6.07) is 5.63. The summed E-state index contributed by atoms with van der Waals surface area (Å²) >= 11 is 12.0. The molecule has 0 aliphatic heterocycles. The molecule has 0 spiro atoms. The molecule has 12 heavy (non-hydrogen) atoms. The molecule has 0 radical (unpaired) electrons. The molecule has 0 saturated heterocycles. The molecule has 0 aliphatic carbocycles. The summed E-state index contributed by atoms with van der Waals surface area (Å²) in [6.07, 6.45) is 0.943. The van der Waals surface area contributed by atoms with E-state index in [2.05, 4.69) is 13.8 Å². The topological polar surface area (TPSA) is 0 Å². The summed E-state index contributed by atoms with van der Waals surface area (Å²) < 4.78 is 0. The Morgan fingerprint density at radius 2 is 1.67 bits per heavy atom. The Balaban J connectivity index is 2.96. The summed E-state index contributed by atoms with van der Waals surface area (Å²) in [6.45, 7) is 4.30. The standard InChI is InChI=1S/C10H12Cl2/c1-7(2)6-8-9(11)4-3-5-10(8)12/h3-5,7H,6H2,1-2H3. The van der Waals surface area contributed by atoms with Gasteiger partial charge in [-0.1, -0.05) is 43.1 Å². The molecule has 66 valence electrons. The Morgan fingerprint density at radius 1 is 1.17 bits per heavy atom. The van der Waals surface area contributed by atoms with Crippen molar-refractivity contribution in [1.82, 2.24) is 0 Å². The zero-order valence-corrected chi connectivity index (χ0v) is 8.78. The second kappa shape index (κ2) is 4.15. The van der Waals surface area contributed by atoms with Gasteiger partial charge >= 0.3 is 0 Å². The van der Waals surface area contributed by atoms with Gasteiger partial charge in [0.05, 0.1) is 0 Å². The minimum absolute atomic E-state index is 0.586. The predicted octanol–water partition coefficient (Wildman–Crippen LogP) is 4.19. The maximum Gasteiger partial charge on any atom is 0.0452 e. The maximum absolute atomic E-state index is 5.99. The van der Waals surface area contributed by atoms with Crippen LogP contribution in [0.5, 0.6) is 0 Å². The molecule has 0 heterocycles. The quantitative estimate of drug-likeness (QED) is 0.675. The first-order valence-corrected chi connectivity index (χ1v) is 4.79. The van der Waals surface area contributed by atoms with Crippen LogP contribution in [0.3, 0.4) is 0 Å². The lowest BCUT2D eigenvalue weighted by atomic mass is 10.0. The molecule has 0 aromatic heterocycles. The predicted molar refractivity (Wildman–Crippen MR) is 55.0 cm³/mol. The molecule has 1 rings (SSSR count). The van der Waals surface area contributed by atoms with E-state index in [9.17, 15) is 0 Å². The zero-order chi connectivity index (χ0) is 9.14. The van der Waals surface area contributed by atoms with Crippen LogP contribution in [0, 0.1) is 5.92 Å². The molecule has 0 unspecified atom stereocenters. The Morgan fingerprint density at radius 3 is 2.08 bits per heavy atom. The van der Waals surface area contributed by atoms with E-state index >= 15 is 0 Å². The van der Waals surface area contributed by atoms with E-state index in [0.29, 0.717) is 5.92 Å². The molecule has 0 saturated carbocycles. The molecule has 0 nitrogen and oxygen atoms in total. The van der Waals surface area contributed by atoms with Crippen LogP contribution in [0.1, 0.15) is 19.4 Å². The van der Waals surface area contributed by atoms with Crippen molar-refractivity contribution in [2.24, 2.45) is 5.92 Å². The van der Waals surface area contributed by atoms with E-state index in [0.717, 1.165) is 22.0 Å². The summed E-state index contributed by atoms with van der Waals surface area (Å²) in [5.74, 6) is 0.586. The van der Waals surface area contributed by atoms with Gasteiger partial charge < -0.3 is 0 Å². The van der Waals surface area contributed by atoms with E-state index < -0.39 is 0 Å². The van der Waals surface area contributed by atoms with Crippen LogP contribution in [-0.2, 0) is 6.42 Å². The molecule has 1 aromatic rings. The number of halogens is 2. The maximum atomic E-state index is 5.99. The van der Waals surface area contributed by atoms with Gasteiger partial charge in [-0.05, 0) is 30.0 Å². The first kappa shape index (κ1) is 9.88. The molecule has 0 bridgehead atoms. The highest BCUT2D eigenvalue weighted by Crippen LogP contribution is 2.26. The van der Waals surface area contributed by atoms with Gasteiger partial charge in [0.2, 0.25) is 0 Å². The van der Waals surface area contributed by atoms with E-state index in [-0.39, 0.29) is 0 Å². The SMILES string of the molecule is CC(C)Cc1c(Cl)cccc1Cl. The van der Waals surface area contributed by atoms with Gasteiger partial charge in [0, 0.05) is 10.0 Å². The van der Waals surface area contributed by atoms with Gasteiger partial charge in [0.15, 0.2) is 0 Å². The molecular weight excluding hydrogens is 191 g/mol. The molecule has 2 heteroatoms. The molecule has 0 aliphatic rings. The average Bonchev–Trinajstić information content (AvgIpc) is 1.97. The Bertz CT molecular complexity index is 246. The van der Waals surface area contributed by atoms with E-state index in [1.807, 2.05) is 18.2 Å².